The van der Waals surface area contributed by atoms with Crippen LogP contribution in [0.15, 0.2) is 28.7 Å². The van der Waals surface area contributed by atoms with Crippen molar-refractivity contribution in [3.63, 3.8) is 0 Å². The zero-order chi connectivity index (χ0) is 10.1. The van der Waals surface area contributed by atoms with Gasteiger partial charge in [0.2, 0.25) is 0 Å². The summed E-state index contributed by atoms with van der Waals surface area (Å²) in [6.45, 7) is 1.95. The van der Waals surface area contributed by atoms with Crippen molar-refractivity contribution in [2.75, 3.05) is 5.73 Å². The molecule has 0 amide bonds. The number of nitrogens with one attached hydrogen (secondary N) is 1. The Morgan fingerprint density at radius 1 is 1.29 bits per heavy atom. The third-order valence-corrected chi connectivity index (χ3v) is 2.71. The number of hydrogen-bond donors (Lipinski definition) is 2. The summed E-state index contributed by atoms with van der Waals surface area (Å²) in [6, 6.07) is 8.02. The third-order valence-electron chi connectivity index (χ3n) is 2.18. The molecule has 2 aromatic rings. The largest absolute Gasteiger partial charge is 0.382 e. The molecule has 0 spiro atoms. The molecule has 3 N–H and O–H groups in total. The van der Waals surface area contributed by atoms with Crippen molar-refractivity contribution < 1.29 is 0 Å². The number of nitrogens with two attached hydrogens (primary N) is 1. The first-order valence-electron chi connectivity index (χ1n) is 4.25. The smallest absolute Gasteiger partial charge is 0.148 e. The summed E-state index contributed by atoms with van der Waals surface area (Å²) in [6.07, 6.45) is 0. The highest BCUT2D eigenvalue weighted by Crippen LogP contribution is 2.25. The number of benzene rings is 1. The average Bonchev–Trinajstić information content (AvgIpc) is 2.50. The molecule has 1 aromatic carbocycles. The molecule has 0 bridgehead atoms. The van der Waals surface area contributed by atoms with Crippen LogP contribution >= 0.6 is 15.9 Å². The second-order valence-electron chi connectivity index (χ2n) is 3.12. The molecule has 0 aliphatic heterocycles. The van der Waals surface area contributed by atoms with Gasteiger partial charge in [-0.05, 0) is 24.6 Å². The molecule has 1 heterocycles. The first-order valence-corrected chi connectivity index (χ1v) is 5.04. The number of aromatic nitrogens is 2. The molecule has 72 valence electrons. The van der Waals surface area contributed by atoms with Crippen molar-refractivity contribution in [1.29, 1.82) is 0 Å². The average molecular weight is 252 g/mol. The highest BCUT2D eigenvalue weighted by atomic mass is 79.9. The predicted molar refractivity (Wildman–Crippen MR) is 60.9 cm³/mol. The van der Waals surface area contributed by atoms with Crippen LogP contribution in [0.2, 0.25) is 0 Å². The van der Waals surface area contributed by atoms with Crippen molar-refractivity contribution in [3.8, 4) is 11.3 Å². The number of nitrogen functional groups attached to an aromatic ring is 1. The zero-order valence-corrected chi connectivity index (χ0v) is 9.30. The first-order chi connectivity index (χ1) is 6.68. The van der Waals surface area contributed by atoms with Crippen LogP contribution < -0.4 is 5.73 Å². The number of H-pyrrole nitrogens is 1. The highest BCUT2D eigenvalue weighted by Gasteiger charge is 2.07. The summed E-state index contributed by atoms with van der Waals surface area (Å²) in [5.41, 5.74) is 8.72. The van der Waals surface area contributed by atoms with Crippen molar-refractivity contribution in [1.82, 2.24) is 10.2 Å². The summed E-state index contributed by atoms with van der Waals surface area (Å²) in [5.74, 6) is 0.558. The number of hydrogen-bond acceptors (Lipinski definition) is 2. The van der Waals surface area contributed by atoms with E-state index in [-0.39, 0.29) is 0 Å². The van der Waals surface area contributed by atoms with Crippen LogP contribution in [0.5, 0.6) is 0 Å². The Labute approximate surface area is 90.5 Å². The molecule has 0 fully saturated rings. The second-order valence-corrected chi connectivity index (χ2v) is 4.03. The topological polar surface area (TPSA) is 54.7 Å². The number of nitrogens with zero attached hydrogens (tertiary/aromatic N) is 1. The normalized spacial score (nSPS) is 10.4. The Morgan fingerprint density at radius 2 is 1.93 bits per heavy atom. The van der Waals surface area contributed by atoms with Crippen LogP contribution in [0, 0.1) is 6.92 Å². The lowest BCUT2D eigenvalue weighted by Gasteiger charge is -1.99. The van der Waals surface area contributed by atoms with Gasteiger partial charge >= 0.3 is 0 Å². The van der Waals surface area contributed by atoms with Crippen LogP contribution in [-0.4, -0.2) is 10.2 Å². The number of aromatic amines is 1. The Morgan fingerprint density at radius 3 is 2.43 bits per heavy atom. The second kappa shape index (κ2) is 3.46. The fraction of sp³-hybridized carbons (Fsp3) is 0.100. The molecule has 2 rings (SSSR count). The van der Waals surface area contributed by atoms with E-state index in [1.54, 1.807) is 0 Å². The van der Waals surface area contributed by atoms with E-state index in [0.29, 0.717) is 5.82 Å². The zero-order valence-electron chi connectivity index (χ0n) is 7.71. The molecule has 1 aromatic heterocycles. The maximum atomic E-state index is 5.66. The van der Waals surface area contributed by atoms with Gasteiger partial charge in [-0.15, -0.1) is 0 Å². The minimum atomic E-state index is 0.558. The molecule has 0 saturated carbocycles. The lowest BCUT2D eigenvalue weighted by atomic mass is 10.1. The molecule has 0 atom stereocenters. The summed E-state index contributed by atoms with van der Waals surface area (Å²) >= 11 is 3.39. The van der Waals surface area contributed by atoms with E-state index in [1.807, 2.05) is 31.2 Å². The Balaban J connectivity index is 2.49. The number of rotatable bonds is 1. The van der Waals surface area contributed by atoms with E-state index in [0.717, 1.165) is 21.3 Å². The van der Waals surface area contributed by atoms with Gasteiger partial charge in [0.05, 0.1) is 5.69 Å². The SMILES string of the molecule is Cc1c(N)n[nH]c1-c1ccc(Br)cc1. The van der Waals surface area contributed by atoms with Gasteiger partial charge in [-0.25, -0.2) is 0 Å². The summed E-state index contributed by atoms with van der Waals surface area (Å²) in [4.78, 5) is 0. The monoisotopic (exact) mass is 251 g/mol. The van der Waals surface area contributed by atoms with E-state index in [2.05, 4.69) is 26.1 Å². The van der Waals surface area contributed by atoms with Gasteiger partial charge in [-0.2, -0.15) is 5.10 Å². The molecular weight excluding hydrogens is 242 g/mol. The first kappa shape index (κ1) is 9.27. The molecule has 4 heteroatoms. The van der Waals surface area contributed by atoms with Crippen LogP contribution in [0.4, 0.5) is 5.82 Å². The van der Waals surface area contributed by atoms with Gasteiger partial charge in [0.25, 0.3) is 0 Å². The Hall–Kier alpha value is -1.29. The van der Waals surface area contributed by atoms with Gasteiger partial charge in [-0.1, -0.05) is 28.1 Å². The van der Waals surface area contributed by atoms with Gasteiger partial charge in [0, 0.05) is 10.0 Å². The van der Waals surface area contributed by atoms with E-state index in [9.17, 15) is 0 Å². The van der Waals surface area contributed by atoms with Crippen LogP contribution in [-0.2, 0) is 0 Å². The predicted octanol–water partition coefficient (Wildman–Crippen LogP) is 2.73. The standard InChI is InChI=1S/C10H10BrN3/c1-6-9(13-14-10(6)12)7-2-4-8(11)5-3-7/h2-5H,1H3,(H3,12,13,14). The van der Waals surface area contributed by atoms with Crippen molar-refractivity contribution in [3.05, 3.63) is 34.3 Å². The molecule has 3 nitrogen and oxygen atoms in total. The number of anilines is 1. The van der Waals surface area contributed by atoms with Crippen molar-refractivity contribution >= 4 is 21.7 Å². The maximum Gasteiger partial charge on any atom is 0.148 e. The van der Waals surface area contributed by atoms with E-state index < -0.39 is 0 Å². The molecular formula is C10H10BrN3. The number of halogens is 1. The van der Waals surface area contributed by atoms with Gasteiger partial charge in [-0.3, -0.25) is 5.10 Å². The van der Waals surface area contributed by atoms with Crippen LogP contribution in [0.25, 0.3) is 11.3 Å². The van der Waals surface area contributed by atoms with Crippen LogP contribution in [0.1, 0.15) is 5.56 Å². The quantitative estimate of drug-likeness (QED) is 0.819. The minimum absolute atomic E-state index is 0.558. The molecule has 0 radical (unpaired) electrons. The summed E-state index contributed by atoms with van der Waals surface area (Å²) in [7, 11) is 0. The Bertz CT molecular complexity index is 445. The minimum Gasteiger partial charge on any atom is -0.382 e. The fourth-order valence-electron chi connectivity index (χ4n) is 1.31. The summed E-state index contributed by atoms with van der Waals surface area (Å²) in [5, 5.41) is 6.88. The van der Waals surface area contributed by atoms with E-state index in [1.165, 1.54) is 0 Å². The lowest BCUT2D eigenvalue weighted by molar-refractivity contribution is 1.10. The maximum absolute atomic E-state index is 5.66. The molecule has 0 aliphatic rings. The van der Waals surface area contributed by atoms with E-state index in [4.69, 9.17) is 5.73 Å². The molecule has 14 heavy (non-hydrogen) atoms. The van der Waals surface area contributed by atoms with Gasteiger partial charge < -0.3 is 5.73 Å². The molecule has 0 unspecified atom stereocenters. The van der Waals surface area contributed by atoms with E-state index >= 15 is 0 Å². The molecule has 0 saturated heterocycles. The highest BCUT2D eigenvalue weighted by molar-refractivity contribution is 9.10. The van der Waals surface area contributed by atoms with Crippen LogP contribution in [0.3, 0.4) is 0 Å². The van der Waals surface area contributed by atoms with Crippen molar-refractivity contribution in [2.45, 2.75) is 6.92 Å². The summed E-state index contributed by atoms with van der Waals surface area (Å²) < 4.78 is 1.06. The Kier molecular flexibility index (Phi) is 2.29. The third kappa shape index (κ3) is 1.53. The fourth-order valence-corrected chi connectivity index (χ4v) is 1.57. The van der Waals surface area contributed by atoms with Gasteiger partial charge in [0.1, 0.15) is 5.82 Å². The lowest BCUT2D eigenvalue weighted by Crippen LogP contribution is -1.86. The van der Waals surface area contributed by atoms with Gasteiger partial charge in [0.15, 0.2) is 0 Å². The molecule has 0 aliphatic carbocycles. The van der Waals surface area contributed by atoms with Crippen molar-refractivity contribution in [2.24, 2.45) is 0 Å².